The first-order chi connectivity index (χ1) is 24.8. The van der Waals surface area contributed by atoms with E-state index in [1.807, 2.05) is 0 Å². The fourth-order valence-corrected chi connectivity index (χ4v) is 10.1. The Bertz CT molecular complexity index is 2730. The second kappa shape index (κ2) is 9.98. The summed E-state index contributed by atoms with van der Waals surface area (Å²) >= 11 is 0. The van der Waals surface area contributed by atoms with Crippen LogP contribution in [0.2, 0.25) is 0 Å². The average Bonchev–Trinajstić information content (AvgIpc) is 3.53. The maximum atomic E-state index is 6.91. The van der Waals surface area contributed by atoms with Gasteiger partial charge in [-0.25, -0.2) is 0 Å². The van der Waals surface area contributed by atoms with Gasteiger partial charge in [0, 0.05) is 27.8 Å². The molecule has 3 aliphatic carbocycles. The van der Waals surface area contributed by atoms with Crippen molar-refractivity contribution >= 4 is 21.5 Å². The topological polar surface area (TPSA) is 9.23 Å². The van der Waals surface area contributed by atoms with E-state index in [0.29, 0.717) is 11.8 Å². The van der Waals surface area contributed by atoms with E-state index in [2.05, 4.69) is 173 Å². The maximum absolute atomic E-state index is 6.91. The molecule has 244 valence electrons. The summed E-state index contributed by atoms with van der Waals surface area (Å²) in [5, 5.41) is 4.90. The minimum Gasteiger partial charge on any atom is -0.455 e. The van der Waals surface area contributed by atoms with Gasteiger partial charge in [-0.2, -0.15) is 0 Å². The zero-order chi connectivity index (χ0) is 34.2. The third-order valence-corrected chi connectivity index (χ3v) is 12.8. The molecule has 7 aromatic rings. The third-order valence-electron chi connectivity index (χ3n) is 12.8. The van der Waals surface area contributed by atoms with Crippen molar-refractivity contribution in [1.82, 2.24) is 0 Å². The van der Waals surface area contributed by atoms with Gasteiger partial charge < -0.3 is 4.74 Å². The Balaban J connectivity index is 0.996. The summed E-state index contributed by atoms with van der Waals surface area (Å²) in [5.41, 5.74) is 15.7. The fraction of sp³-hybridized carbons (Fsp3) is 0.160. The van der Waals surface area contributed by atoms with Crippen molar-refractivity contribution in [3.05, 3.63) is 168 Å². The number of rotatable bonds is 2. The molecule has 2 atom stereocenters. The van der Waals surface area contributed by atoms with E-state index >= 15 is 0 Å². The Hall–Kier alpha value is -5.66. The van der Waals surface area contributed by atoms with Crippen LogP contribution in [-0.4, -0.2) is 0 Å². The number of hydrogen-bond donors (Lipinski definition) is 0. The van der Waals surface area contributed by atoms with Crippen LogP contribution in [0.3, 0.4) is 0 Å². The lowest BCUT2D eigenvalue weighted by molar-refractivity contribution is 0.394. The van der Waals surface area contributed by atoms with Gasteiger partial charge in [-0.3, -0.25) is 0 Å². The van der Waals surface area contributed by atoms with Crippen LogP contribution in [0.1, 0.15) is 55.9 Å². The molecule has 0 saturated carbocycles. The fourth-order valence-electron chi connectivity index (χ4n) is 10.1. The standard InChI is InChI=1S/C50H38O/c1-49(2)42-18-8-7-13-35(42)36-22-19-29(25-43(36)49)30-20-23-37-38-24-21-32(27-45(38)50(3,4)44(37)26-30)34-14-9-17-41-40-16-10-15-39-33-12-6-5-11-31(33)28-46(47(39)40)51-48(34)41/h5-28,35,42H,1-4H3. The zero-order valence-electron chi connectivity index (χ0n) is 29.4. The quantitative estimate of drug-likeness (QED) is 0.169. The van der Waals surface area contributed by atoms with Crippen LogP contribution in [0, 0.1) is 5.92 Å². The summed E-state index contributed by atoms with van der Waals surface area (Å²) in [4.78, 5) is 0. The van der Waals surface area contributed by atoms with Crippen LogP contribution in [0.4, 0.5) is 0 Å². The minimum absolute atomic E-state index is 0.0998. The molecule has 2 unspecified atom stereocenters. The van der Waals surface area contributed by atoms with Gasteiger partial charge in [0.25, 0.3) is 0 Å². The number of fused-ring (bicyclic) bond motifs is 10. The average molecular weight is 655 g/mol. The lowest BCUT2D eigenvalue weighted by atomic mass is 9.74. The molecule has 1 heterocycles. The van der Waals surface area contributed by atoms with Gasteiger partial charge in [-0.15, -0.1) is 0 Å². The predicted molar refractivity (Wildman–Crippen MR) is 213 cm³/mol. The van der Waals surface area contributed by atoms with E-state index in [1.165, 1.54) is 77.2 Å². The summed E-state index contributed by atoms with van der Waals surface area (Å²) in [6.45, 7) is 9.61. The van der Waals surface area contributed by atoms with Crippen molar-refractivity contribution in [2.75, 3.05) is 0 Å². The summed E-state index contributed by atoms with van der Waals surface area (Å²) in [6.07, 6.45) is 9.24. The molecule has 0 saturated heterocycles. The van der Waals surface area contributed by atoms with E-state index in [9.17, 15) is 0 Å². The first kappa shape index (κ1) is 29.1. The Kier molecular flexibility index (Phi) is 5.70. The lowest BCUT2D eigenvalue weighted by Crippen LogP contribution is -2.24. The molecule has 0 N–H and O–H groups in total. The highest BCUT2D eigenvalue weighted by Crippen LogP contribution is 2.56. The van der Waals surface area contributed by atoms with E-state index < -0.39 is 0 Å². The molecule has 0 spiro atoms. The molecular weight excluding hydrogens is 617 g/mol. The van der Waals surface area contributed by atoms with Gasteiger partial charge in [-0.05, 0) is 101 Å². The van der Waals surface area contributed by atoms with Crippen molar-refractivity contribution in [2.45, 2.75) is 44.4 Å². The Labute approximate surface area is 299 Å². The normalized spacial score (nSPS) is 19.3. The molecule has 4 aliphatic rings. The van der Waals surface area contributed by atoms with Crippen molar-refractivity contribution in [1.29, 1.82) is 0 Å². The van der Waals surface area contributed by atoms with Crippen molar-refractivity contribution < 1.29 is 4.74 Å². The van der Waals surface area contributed by atoms with Gasteiger partial charge in [0.05, 0.1) is 0 Å². The van der Waals surface area contributed by atoms with Crippen LogP contribution in [0.5, 0.6) is 11.5 Å². The van der Waals surface area contributed by atoms with Crippen molar-refractivity contribution in [3.63, 3.8) is 0 Å². The van der Waals surface area contributed by atoms with Crippen LogP contribution in [-0.2, 0) is 10.8 Å². The van der Waals surface area contributed by atoms with E-state index in [1.54, 1.807) is 0 Å². The SMILES string of the molecule is CC1(C)c2cc(-c3ccc4c(c3)C(C)(C)C3C=CC=CC43)ccc2-c2ccc(-c3cccc4c3Oc3cc5ccccc5c5cccc-4c35)cc21. The third kappa shape index (κ3) is 3.87. The second-order valence-corrected chi connectivity index (χ2v) is 16.1. The summed E-state index contributed by atoms with van der Waals surface area (Å²) in [6, 6.07) is 45.5. The van der Waals surface area contributed by atoms with Crippen molar-refractivity contribution in [3.8, 4) is 56.0 Å². The number of allylic oxidation sites excluding steroid dienone is 4. The molecule has 0 amide bonds. The zero-order valence-corrected chi connectivity index (χ0v) is 29.4. The molecule has 1 nitrogen and oxygen atoms in total. The Morgan fingerprint density at radius 3 is 2.00 bits per heavy atom. The highest BCUT2D eigenvalue weighted by Gasteiger charge is 2.44. The minimum atomic E-state index is -0.149. The second-order valence-electron chi connectivity index (χ2n) is 16.1. The first-order valence-corrected chi connectivity index (χ1v) is 18.3. The maximum Gasteiger partial charge on any atom is 0.143 e. The van der Waals surface area contributed by atoms with Crippen LogP contribution in [0.15, 0.2) is 146 Å². The van der Waals surface area contributed by atoms with Gasteiger partial charge in [0.1, 0.15) is 11.5 Å². The number of para-hydroxylation sites is 1. The van der Waals surface area contributed by atoms with Gasteiger partial charge in [0.15, 0.2) is 0 Å². The van der Waals surface area contributed by atoms with Crippen molar-refractivity contribution in [2.24, 2.45) is 5.92 Å². The number of hydrogen-bond acceptors (Lipinski definition) is 1. The van der Waals surface area contributed by atoms with E-state index in [0.717, 1.165) is 22.6 Å². The summed E-state index contributed by atoms with van der Waals surface area (Å²) in [5.74, 6) is 2.86. The van der Waals surface area contributed by atoms with Crippen LogP contribution in [0.25, 0.3) is 66.1 Å². The number of benzene rings is 7. The van der Waals surface area contributed by atoms with Gasteiger partial charge in [-0.1, -0.05) is 155 Å². The molecule has 0 fully saturated rings. The van der Waals surface area contributed by atoms with E-state index in [4.69, 9.17) is 4.74 Å². The summed E-state index contributed by atoms with van der Waals surface area (Å²) in [7, 11) is 0. The molecule has 1 aliphatic heterocycles. The molecule has 11 rings (SSSR count). The largest absolute Gasteiger partial charge is 0.455 e. The predicted octanol–water partition coefficient (Wildman–Crippen LogP) is 13.5. The molecule has 0 aromatic heterocycles. The molecule has 1 heteroatoms. The van der Waals surface area contributed by atoms with Crippen LogP contribution >= 0.6 is 0 Å². The molecular formula is C50H38O. The smallest absolute Gasteiger partial charge is 0.143 e. The molecule has 0 bridgehead atoms. The summed E-state index contributed by atoms with van der Waals surface area (Å²) < 4.78 is 6.91. The molecule has 51 heavy (non-hydrogen) atoms. The van der Waals surface area contributed by atoms with E-state index in [-0.39, 0.29) is 10.8 Å². The van der Waals surface area contributed by atoms with Gasteiger partial charge in [0.2, 0.25) is 0 Å². The lowest BCUT2D eigenvalue weighted by Gasteiger charge is -2.29. The highest BCUT2D eigenvalue weighted by molar-refractivity contribution is 6.16. The highest BCUT2D eigenvalue weighted by atomic mass is 16.5. The Morgan fingerprint density at radius 2 is 1.16 bits per heavy atom. The Morgan fingerprint density at radius 1 is 0.510 bits per heavy atom. The monoisotopic (exact) mass is 654 g/mol. The first-order valence-electron chi connectivity index (χ1n) is 18.3. The number of ether oxygens (including phenoxy) is 1. The van der Waals surface area contributed by atoms with Gasteiger partial charge >= 0.3 is 0 Å². The van der Waals surface area contributed by atoms with Crippen LogP contribution < -0.4 is 4.74 Å². The molecule has 0 radical (unpaired) electrons. The molecule has 7 aromatic carbocycles.